The third kappa shape index (κ3) is 7.48. The lowest BCUT2D eigenvalue weighted by Gasteiger charge is -2.35. The van der Waals surface area contributed by atoms with E-state index in [0.717, 1.165) is 38.1 Å². The van der Waals surface area contributed by atoms with Gasteiger partial charge in [-0.3, -0.25) is 4.79 Å². The molecule has 2 N–H and O–H groups in total. The Hall–Kier alpha value is -2.17. The van der Waals surface area contributed by atoms with Gasteiger partial charge >= 0.3 is 5.97 Å². The average molecular weight is 517 g/mol. The van der Waals surface area contributed by atoms with Gasteiger partial charge in [-0.25, -0.2) is 0 Å². The summed E-state index contributed by atoms with van der Waals surface area (Å²) < 4.78 is 0. The van der Waals surface area contributed by atoms with Crippen LogP contribution in [-0.2, 0) is 11.2 Å². The Morgan fingerprint density at radius 2 is 1.58 bits per heavy atom. The SMILES string of the molecule is O=C(O)C(NC1CC(CN2CCC(CCCc3ccccc3)CC2)C(c2ccccc2)C1)C1CCCCC1. The molecule has 2 aromatic rings. The van der Waals surface area contributed by atoms with Crippen molar-refractivity contribution in [3.8, 4) is 0 Å². The Morgan fingerprint density at radius 1 is 0.895 bits per heavy atom. The normalized spacial score (nSPS) is 26.4. The van der Waals surface area contributed by atoms with Crippen molar-refractivity contribution in [2.45, 2.75) is 95.1 Å². The first kappa shape index (κ1) is 27.4. The molecule has 5 rings (SSSR count). The fourth-order valence-electron chi connectivity index (χ4n) is 7.73. The molecule has 0 amide bonds. The number of aliphatic carboxylic acids is 1. The third-order valence-corrected chi connectivity index (χ3v) is 9.85. The van der Waals surface area contributed by atoms with Crippen molar-refractivity contribution in [2.75, 3.05) is 19.6 Å². The summed E-state index contributed by atoms with van der Waals surface area (Å²) >= 11 is 0. The predicted octanol–water partition coefficient (Wildman–Crippen LogP) is 6.91. The zero-order valence-electron chi connectivity index (χ0n) is 23.1. The highest BCUT2D eigenvalue weighted by Gasteiger charge is 2.39. The second-order valence-electron chi connectivity index (χ2n) is 12.4. The average Bonchev–Trinajstić information content (AvgIpc) is 3.36. The summed E-state index contributed by atoms with van der Waals surface area (Å²) in [4.78, 5) is 15.0. The van der Waals surface area contributed by atoms with E-state index in [9.17, 15) is 9.90 Å². The Bertz CT molecular complexity index is 966. The van der Waals surface area contributed by atoms with Crippen molar-refractivity contribution in [1.29, 1.82) is 0 Å². The van der Waals surface area contributed by atoms with E-state index in [4.69, 9.17) is 0 Å². The van der Waals surface area contributed by atoms with Crippen LogP contribution in [0.3, 0.4) is 0 Å². The van der Waals surface area contributed by atoms with E-state index in [1.54, 1.807) is 0 Å². The molecule has 0 spiro atoms. The number of hydrogen-bond acceptors (Lipinski definition) is 3. The molecule has 1 aliphatic heterocycles. The molecule has 0 bridgehead atoms. The molecule has 1 saturated heterocycles. The molecule has 0 radical (unpaired) electrons. The van der Waals surface area contributed by atoms with Gasteiger partial charge in [-0.15, -0.1) is 0 Å². The summed E-state index contributed by atoms with van der Waals surface area (Å²) in [5.74, 6) is 1.61. The van der Waals surface area contributed by atoms with Crippen molar-refractivity contribution in [3.63, 3.8) is 0 Å². The molecule has 4 unspecified atom stereocenters. The Morgan fingerprint density at radius 3 is 2.26 bits per heavy atom. The van der Waals surface area contributed by atoms with Crippen molar-refractivity contribution >= 4 is 5.97 Å². The Labute approximate surface area is 230 Å². The fourth-order valence-corrected chi connectivity index (χ4v) is 7.73. The number of nitrogens with zero attached hydrogens (tertiary/aromatic N) is 1. The maximum absolute atomic E-state index is 12.3. The van der Waals surface area contributed by atoms with Crippen LogP contribution in [0, 0.1) is 17.8 Å². The molecule has 4 atom stereocenters. The van der Waals surface area contributed by atoms with Crippen LogP contribution >= 0.6 is 0 Å². The maximum Gasteiger partial charge on any atom is 0.320 e. The van der Waals surface area contributed by atoms with E-state index in [-0.39, 0.29) is 12.0 Å². The lowest BCUT2D eigenvalue weighted by molar-refractivity contribution is -0.141. The Kier molecular flexibility index (Phi) is 9.92. The van der Waals surface area contributed by atoms with Gasteiger partial charge in [0.2, 0.25) is 0 Å². The van der Waals surface area contributed by atoms with Crippen LogP contribution in [0.2, 0.25) is 0 Å². The lowest BCUT2D eigenvalue weighted by atomic mass is 9.83. The van der Waals surface area contributed by atoms with Crippen LogP contribution in [0.25, 0.3) is 0 Å². The zero-order chi connectivity index (χ0) is 26.2. The Balaban J connectivity index is 1.14. The zero-order valence-corrected chi connectivity index (χ0v) is 23.1. The number of likely N-dealkylation sites (tertiary alicyclic amines) is 1. The van der Waals surface area contributed by atoms with Crippen molar-refractivity contribution in [1.82, 2.24) is 10.2 Å². The summed E-state index contributed by atoms with van der Waals surface area (Å²) in [6.45, 7) is 3.58. The van der Waals surface area contributed by atoms with E-state index >= 15 is 0 Å². The first-order valence-corrected chi connectivity index (χ1v) is 15.5. The monoisotopic (exact) mass is 516 g/mol. The van der Waals surface area contributed by atoms with Crippen molar-refractivity contribution in [3.05, 3.63) is 71.8 Å². The summed E-state index contributed by atoms with van der Waals surface area (Å²) in [7, 11) is 0. The van der Waals surface area contributed by atoms with E-state index < -0.39 is 5.97 Å². The van der Waals surface area contributed by atoms with Crippen LogP contribution in [0.1, 0.15) is 87.7 Å². The number of benzene rings is 2. The van der Waals surface area contributed by atoms with E-state index in [2.05, 4.69) is 70.9 Å². The molecule has 4 heteroatoms. The van der Waals surface area contributed by atoms with Crippen molar-refractivity contribution in [2.24, 2.45) is 17.8 Å². The molecule has 2 aliphatic carbocycles. The van der Waals surface area contributed by atoms with Gasteiger partial charge in [0.25, 0.3) is 0 Å². The molecule has 1 heterocycles. The summed E-state index contributed by atoms with van der Waals surface area (Å²) in [5, 5.41) is 13.8. The highest BCUT2D eigenvalue weighted by atomic mass is 16.4. The van der Waals surface area contributed by atoms with Gasteiger partial charge in [0.05, 0.1) is 0 Å². The minimum atomic E-state index is -0.647. The molecular formula is C34H48N2O2. The highest BCUT2D eigenvalue weighted by Crippen LogP contribution is 2.41. The first-order valence-electron chi connectivity index (χ1n) is 15.5. The number of piperidine rings is 1. The molecule has 2 aromatic carbocycles. The number of aryl methyl sites for hydroxylation is 1. The summed E-state index contributed by atoms with van der Waals surface area (Å²) in [6.07, 6.45) is 14.4. The molecule has 3 aliphatic rings. The topological polar surface area (TPSA) is 52.6 Å². The summed E-state index contributed by atoms with van der Waals surface area (Å²) in [5.41, 5.74) is 2.90. The van der Waals surface area contributed by atoms with Gasteiger partial charge in [-0.2, -0.15) is 0 Å². The molecule has 3 fully saturated rings. The van der Waals surface area contributed by atoms with Crippen LogP contribution in [0.15, 0.2) is 60.7 Å². The van der Waals surface area contributed by atoms with Crippen molar-refractivity contribution < 1.29 is 9.90 Å². The molecule has 4 nitrogen and oxygen atoms in total. The van der Waals surface area contributed by atoms with Crippen LogP contribution in [0.4, 0.5) is 0 Å². The van der Waals surface area contributed by atoms with E-state index in [0.29, 0.717) is 17.9 Å². The second kappa shape index (κ2) is 13.8. The van der Waals surface area contributed by atoms with Gasteiger partial charge in [-0.05, 0) is 99.3 Å². The quantitative estimate of drug-likeness (QED) is 0.341. The number of nitrogens with one attached hydrogen (secondary N) is 1. The predicted molar refractivity (Wildman–Crippen MR) is 155 cm³/mol. The number of carbonyl (C=O) groups is 1. The summed E-state index contributed by atoms with van der Waals surface area (Å²) in [6, 6.07) is 21.8. The number of carboxylic acid groups (broad SMARTS) is 1. The van der Waals surface area contributed by atoms with Crippen LogP contribution < -0.4 is 5.32 Å². The first-order chi connectivity index (χ1) is 18.7. The maximum atomic E-state index is 12.3. The minimum absolute atomic E-state index is 0.288. The van der Waals surface area contributed by atoms with Gasteiger partial charge in [0, 0.05) is 12.6 Å². The van der Waals surface area contributed by atoms with Crippen LogP contribution in [-0.4, -0.2) is 47.7 Å². The molecule has 2 saturated carbocycles. The van der Waals surface area contributed by atoms with Gasteiger partial charge in [0.1, 0.15) is 6.04 Å². The standard InChI is InChI=1S/C34H48N2O2/c37-34(38)33(29-17-8-3-9-18-29)35-31-23-30(32(24-31)28-15-6-2-7-16-28)25-36-21-19-27(20-22-36)14-10-13-26-11-4-1-5-12-26/h1-2,4-7,11-12,15-16,27,29-33,35H,3,8-10,13-14,17-25H2,(H,37,38). The number of hydrogen-bond donors (Lipinski definition) is 2. The molecule has 206 valence electrons. The van der Waals surface area contributed by atoms with Crippen LogP contribution in [0.5, 0.6) is 0 Å². The number of carboxylic acids is 1. The fraction of sp³-hybridized carbons (Fsp3) is 0.618. The minimum Gasteiger partial charge on any atom is -0.480 e. The smallest absolute Gasteiger partial charge is 0.320 e. The van der Waals surface area contributed by atoms with Gasteiger partial charge in [-0.1, -0.05) is 86.3 Å². The molecule has 38 heavy (non-hydrogen) atoms. The van der Waals surface area contributed by atoms with Gasteiger partial charge < -0.3 is 15.3 Å². The number of rotatable bonds is 11. The van der Waals surface area contributed by atoms with Gasteiger partial charge in [0.15, 0.2) is 0 Å². The largest absolute Gasteiger partial charge is 0.480 e. The second-order valence-corrected chi connectivity index (χ2v) is 12.4. The highest BCUT2D eigenvalue weighted by molar-refractivity contribution is 5.74. The van der Waals surface area contributed by atoms with E-state index in [1.165, 1.54) is 75.6 Å². The third-order valence-electron chi connectivity index (χ3n) is 9.85. The van der Waals surface area contributed by atoms with E-state index in [1.807, 2.05) is 0 Å². The molecule has 0 aromatic heterocycles. The molecular weight excluding hydrogens is 468 g/mol. The lowest BCUT2D eigenvalue weighted by Crippen LogP contribution is -2.48.